The van der Waals surface area contributed by atoms with Crippen molar-refractivity contribution in [2.75, 3.05) is 11.5 Å². The molecule has 0 bridgehead atoms. The van der Waals surface area contributed by atoms with Gasteiger partial charge in [0.1, 0.15) is 0 Å². The number of benzene rings is 1. The Morgan fingerprint density at radius 3 is 2.89 bits per heavy atom. The van der Waals surface area contributed by atoms with Crippen LogP contribution in [0.5, 0.6) is 11.5 Å². The first kappa shape index (κ1) is 11.4. The van der Waals surface area contributed by atoms with Gasteiger partial charge in [0.05, 0.1) is 10.6 Å². The molecule has 0 fully saturated rings. The lowest BCUT2D eigenvalue weighted by Gasteiger charge is -2.08. The Morgan fingerprint density at radius 2 is 2.11 bits per heavy atom. The van der Waals surface area contributed by atoms with Gasteiger partial charge in [-0.2, -0.15) is 11.3 Å². The number of hydrogen-bond acceptors (Lipinski definition) is 5. The molecule has 7 heteroatoms. The van der Waals surface area contributed by atoms with E-state index in [-0.39, 0.29) is 11.7 Å². The molecule has 0 spiro atoms. The molecule has 5 nitrogen and oxygen atoms in total. The number of para-hydroxylation sites is 1. The number of fused-ring (bicyclic) bond motifs is 1. The average Bonchev–Trinajstić information content (AvgIpc) is 3.00. The van der Waals surface area contributed by atoms with Crippen molar-refractivity contribution in [3.63, 3.8) is 0 Å². The molecular weight excluding hydrogens is 274 g/mol. The van der Waals surface area contributed by atoms with Crippen molar-refractivity contribution in [3.8, 4) is 11.5 Å². The maximum absolute atomic E-state index is 12.1. The minimum absolute atomic E-state index is 0.104. The monoisotopic (exact) mass is 283 g/mol. The molecule has 3 rings (SSSR count). The smallest absolute Gasteiger partial charge is 0.262 e. The highest BCUT2D eigenvalue weighted by Crippen LogP contribution is 2.39. The van der Waals surface area contributed by atoms with Gasteiger partial charge in [0.25, 0.3) is 10.0 Å². The van der Waals surface area contributed by atoms with Gasteiger partial charge in [-0.05, 0) is 23.6 Å². The van der Waals surface area contributed by atoms with Gasteiger partial charge in [-0.1, -0.05) is 6.07 Å². The second-order valence-electron chi connectivity index (χ2n) is 3.60. The maximum atomic E-state index is 12.1. The molecule has 0 amide bonds. The molecule has 1 aliphatic heterocycles. The van der Waals surface area contributed by atoms with Crippen LogP contribution in [0.1, 0.15) is 0 Å². The third kappa shape index (κ3) is 1.91. The van der Waals surface area contributed by atoms with E-state index in [2.05, 4.69) is 4.72 Å². The fraction of sp³-hybridized carbons (Fsp3) is 0.0909. The van der Waals surface area contributed by atoms with Crippen LogP contribution in [-0.4, -0.2) is 15.2 Å². The molecular formula is C11H9NO4S2. The second kappa shape index (κ2) is 4.18. The van der Waals surface area contributed by atoms with E-state index in [1.54, 1.807) is 35.0 Å². The summed E-state index contributed by atoms with van der Waals surface area (Å²) in [6.07, 6.45) is 0. The molecule has 94 valence electrons. The Kier molecular flexibility index (Phi) is 2.64. The number of hydrogen-bond donors (Lipinski definition) is 1. The lowest BCUT2D eigenvalue weighted by atomic mass is 10.3. The highest BCUT2D eigenvalue weighted by Gasteiger charge is 2.22. The molecule has 1 aliphatic rings. The number of nitrogens with one attached hydrogen (secondary N) is 1. The van der Waals surface area contributed by atoms with Gasteiger partial charge in [0.15, 0.2) is 11.5 Å². The number of ether oxygens (including phenoxy) is 2. The van der Waals surface area contributed by atoms with Crippen molar-refractivity contribution >= 4 is 27.0 Å². The molecule has 0 saturated heterocycles. The predicted octanol–water partition coefficient (Wildman–Crippen LogP) is 2.28. The van der Waals surface area contributed by atoms with E-state index < -0.39 is 10.0 Å². The van der Waals surface area contributed by atoms with E-state index in [4.69, 9.17) is 9.47 Å². The molecule has 0 unspecified atom stereocenters. The van der Waals surface area contributed by atoms with Gasteiger partial charge in [0.2, 0.25) is 6.79 Å². The Balaban J connectivity index is 1.97. The largest absolute Gasteiger partial charge is 0.454 e. The molecule has 18 heavy (non-hydrogen) atoms. The topological polar surface area (TPSA) is 64.6 Å². The van der Waals surface area contributed by atoms with Crippen LogP contribution in [0.15, 0.2) is 39.9 Å². The molecule has 1 N–H and O–H groups in total. The zero-order valence-corrected chi connectivity index (χ0v) is 10.8. The normalized spacial score (nSPS) is 13.6. The highest BCUT2D eigenvalue weighted by atomic mass is 32.2. The van der Waals surface area contributed by atoms with Crippen molar-refractivity contribution in [2.24, 2.45) is 0 Å². The zero-order valence-electron chi connectivity index (χ0n) is 9.12. The maximum Gasteiger partial charge on any atom is 0.262 e. The van der Waals surface area contributed by atoms with E-state index in [1.807, 2.05) is 0 Å². The van der Waals surface area contributed by atoms with Crippen LogP contribution in [0, 0.1) is 0 Å². The second-order valence-corrected chi connectivity index (χ2v) is 6.07. The fourth-order valence-electron chi connectivity index (χ4n) is 1.62. The lowest BCUT2D eigenvalue weighted by molar-refractivity contribution is 0.174. The van der Waals surface area contributed by atoms with Gasteiger partial charge in [-0.3, -0.25) is 4.72 Å². The van der Waals surface area contributed by atoms with Crippen molar-refractivity contribution in [2.45, 2.75) is 4.90 Å². The number of sulfonamides is 1. The minimum atomic E-state index is -3.57. The molecule has 1 aromatic heterocycles. The van der Waals surface area contributed by atoms with Crippen LogP contribution >= 0.6 is 11.3 Å². The molecule has 0 aliphatic carbocycles. The predicted molar refractivity (Wildman–Crippen MR) is 67.7 cm³/mol. The van der Waals surface area contributed by atoms with E-state index in [1.165, 1.54) is 11.3 Å². The quantitative estimate of drug-likeness (QED) is 0.938. The van der Waals surface area contributed by atoms with Crippen LogP contribution in [-0.2, 0) is 10.0 Å². The SMILES string of the molecule is O=S(=O)(Nc1cccc2c1OCO2)c1ccsc1. The highest BCUT2D eigenvalue weighted by molar-refractivity contribution is 7.92. The number of thiophene rings is 1. The summed E-state index contributed by atoms with van der Waals surface area (Å²) < 4.78 is 37.1. The van der Waals surface area contributed by atoms with Crippen molar-refractivity contribution in [1.29, 1.82) is 0 Å². The Bertz CT molecular complexity index is 664. The van der Waals surface area contributed by atoms with Crippen LogP contribution in [0.25, 0.3) is 0 Å². The lowest BCUT2D eigenvalue weighted by Crippen LogP contribution is -2.12. The Hall–Kier alpha value is -1.73. The summed E-state index contributed by atoms with van der Waals surface area (Å²) in [5, 5.41) is 3.28. The molecule has 2 aromatic rings. The van der Waals surface area contributed by atoms with E-state index in [0.29, 0.717) is 17.2 Å². The van der Waals surface area contributed by atoms with Crippen LogP contribution < -0.4 is 14.2 Å². The molecule has 2 heterocycles. The summed E-state index contributed by atoms with van der Waals surface area (Å²) in [5.41, 5.74) is 0.385. The van der Waals surface area contributed by atoms with Gasteiger partial charge < -0.3 is 9.47 Å². The third-order valence-corrected chi connectivity index (χ3v) is 4.64. The van der Waals surface area contributed by atoms with Gasteiger partial charge in [0, 0.05) is 5.38 Å². The summed E-state index contributed by atoms with van der Waals surface area (Å²) in [6.45, 7) is 0.104. The minimum Gasteiger partial charge on any atom is -0.454 e. The van der Waals surface area contributed by atoms with E-state index in [0.717, 1.165) is 0 Å². The first-order valence-corrected chi connectivity index (χ1v) is 7.53. The zero-order chi connectivity index (χ0) is 12.6. The van der Waals surface area contributed by atoms with Crippen molar-refractivity contribution in [3.05, 3.63) is 35.0 Å². The first-order valence-electron chi connectivity index (χ1n) is 5.10. The first-order chi connectivity index (χ1) is 8.67. The number of anilines is 1. The number of rotatable bonds is 3. The van der Waals surface area contributed by atoms with E-state index >= 15 is 0 Å². The summed E-state index contributed by atoms with van der Waals surface area (Å²) in [4.78, 5) is 0.240. The summed E-state index contributed by atoms with van der Waals surface area (Å²) in [7, 11) is -3.57. The third-order valence-electron chi connectivity index (χ3n) is 2.45. The summed E-state index contributed by atoms with van der Waals surface area (Å²) in [5.74, 6) is 0.969. The van der Waals surface area contributed by atoms with Gasteiger partial charge in [-0.15, -0.1) is 0 Å². The summed E-state index contributed by atoms with van der Waals surface area (Å²) >= 11 is 1.33. The molecule has 0 atom stereocenters. The standard InChI is InChI=1S/C11H9NO4S2/c13-18(14,8-4-5-17-6-8)12-9-2-1-3-10-11(9)16-7-15-10/h1-6,12H,7H2. The van der Waals surface area contributed by atoms with E-state index in [9.17, 15) is 8.42 Å². The average molecular weight is 283 g/mol. The van der Waals surface area contributed by atoms with Crippen molar-refractivity contribution < 1.29 is 17.9 Å². The van der Waals surface area contributed by atoms with Crippen LogP contribution in [0.2, 0.25) is 0 Å². The van der Waals surface area contributed by atoms with Gasteiger partial charge in [-0.25, -0.2) is 8.42 Å². The Labute approximate surface area is 108 Å². The molecule has 0 radical (unpaired) electrons. The Morgan fingerprint density at radius 1 is 1.22 bits per heavy atom. The van der Waals surface area contributed by atoms with Crippen molar-refractivity contribution in [1.82, 2.24) is 0 Å². The van der Waals surface area contributed by atoms with Gasteiger partial charge >= 0.3 is 0 Å². The fourth-order valence-corrected chi connectivity index (χ4v) is 3.71. The molecule has 1 aromatic carbocycles. The molecule has 0 saturated carbocycles. The van der Waals surface area contributed by atoms with Crippen LogP contribution in [0.4, 0.5) is 5.69 Å². The van der Waals surface area contributed by atoms with Crippen LogP contribution in [0.3, 0.4) is 0 Å². The summed E-state index contributed by atoms with van der Waals surface area (Å²) in [6, 6.07) is 6.62.